The van der Waals surface area contributed by atoms with Gasteiger partial charge in [-0.05, 0) is 60.0 Å². The number of hydrogen-bond acceptors (Lipinski definition) is 7. The summed E-state index contributed by atoms with van der Waals surface area (Å²) in [6, 6.07) is 12.4. The predicted octanol–water partition coefficient (Wildman–Crippen LogP) is 4.30. The summed E-state index contributed by atoms with van der Waals surface area (Å²) in [6.07, 6.45) is 1.20. The van der Waals surface area contributed by atoms with E-state index in [9.17, 15) is 9.59 Å². The van der Waals surface area contributed by atoms with Gasteiger partial charge in [-0.3, -0.25) is 9.52 Å². The van der Waals surface area contributed by atoms with E-state index in [0.29, 0.717) is 44.5 Å². The van der Waals surface area contributed by atoms with Gasteiger partial charge in [0.25, 0.3) is 0 Å². The van der Waals surface area contributed by atoms with E-state index in [4.69, 9.17) is 32.7 Å². The molecule has 1 amide bonds. The Hall–Kier alpha value is -1.65. The first-order valence-electron chi connectivity index (χ1n) is 12.0. The van der Waals surface area contributed by atoms with Crippen LogP contribution >= 0.6 is 35.1 Å². The molecule has 2 N–H and O–H groups in total. The van der Waals surface area contributed by atoms with Crippen molar-refractivity contribution in [1.82, 2.24) is 14.9 Å². The fourth-order valence-corrected chi connectivity index (χ4v) is 5.30. The van der Waals surface area contributed by atoms with E-state index in [0.717, 1.165) is 34.9 Å². The fraction of sp³-hybridized carbons (Fsp3) is 0.462. The Morgan fingerprint density at radius 3 is 2.69 bits per heavy atom. The van der Waals surface area contributed by atoms with Crippen LogP contribution in [0.3, 0.4) is 0 Å². The molecule has 0 aliphatic carbocycles. The van der Waals surface area contributed by atoms with Gasteiger partial charge in [0.1, 0.15) is 6.29 Å². The number of benzene rings is 2. The first-order chi connectivity index (χ1) is 17.5. The van der Waals surface area contributed by atoms with Gasteiger partial charge in [0, 0.05) is 59.9 Å². The molecule has 0 radical (unpaired) electrons. The molecule has 0 spiro atoms. The maximum absolute atomic E-state index is 11.4. The minimum absolute atomic E-state index is 0.138. The second-order valence-corrected chi connectivity index (χ2v) is 10.4. The summed E-state index contributed by atoms with van der Waals surface area (Å²) in [4.78, 5) is 25.0. The number of ether oxygens (including phenoxy) is 2. The summed E-state index contributed by atoms with van der Waals surface area (Å²) in [5, 5.41) is 4.09. The Morgan fingerprint density at radius 2 is 1.92 bits per heavy atom. The van der Waals surface area contributed by atoms with E-state index in [-0.39, 0.29) is 24.7 Å². The Kier molecular flexibility index (Phi) is 12.5. The van der Waals surface area contributed by atoms with E-state index < -0.39 is 0 Å². The highest BCUT2D eigenvalue weighted by atomic mass is 35.5. The molecule has 0 fully saturated rings. The second kappa shape index (κ2) is 15.6. The van der Waals surface area contributed by atoms with Gasteiger partial charge in [-0.25, -0.2) is 0 Å². The number of likely N-dealkylation sites (N-methyl/N-ethyl adjacent to an activating group) is 1. The predicted molar refractivity (Wildman–Crippen MR) is 145 cm³/mol. The lowest BCUT2D eigenvalue weighted by atomic mass is 9.85. The number of halogens is 2. The molecule has 1 heterocycles. The molecule has 196 valence electrons. The van der Waals surface area contributed by atoms with Gasteiger partial charge in [-0.2, -0.15) is 0 Å². The first-order valence-corrected chi connectivity index (χ1v) is 13.6. The molecule has 1 aliphatic rings. The molecular formula is C26H33Cl2N3O4S. The largest absolute Gasteiger partial charge is 0.378 e. The number of hydrogen-bond donors (Lipinski definition) is 2. The maximum atomic E-state index is 11.4. The quantitative estimate of drug-likeness (QED) is 0.193. The second-order valence-electron chi connectivity index (χ2n) is 8.55. The van der Waals surface area contributed by atoms with Crippen LogP contribution in [0.25, 0.3) is 0 Å². The molecule has 0 saturated carbocycles. The van der Waals surface area contributed by atoms with Crippen molar-refractivity contribution in [2.45, 2.75) is 30.2 Å². The van der Waals surface area contributed by atoms with Crippen LogP contribution in [0.4, 0.5) is 0 Å². The van der Waals surface area contributed by atoms with Gasteiger partial charge >= 0.3 is 0 Å². The van der Waals surface area contributed by atoms with Gasteiger partial charge in [-0.1, -0.05) is 35.3 Å². The summed E-state index contributed by atoms with van der Waals surface area (Å²) < 4.78 is 14.4. The maximum Gasteiger partial charge on any atom is 0.220 e. The summed E-state index contributed by atoms with van der Waals surface area (Å²) in [6.45, 7) is 4.79. The third-order valence-corrected chi connectivity index (χ3v) is 7.11. The van der Waals surface area contributed by atoms with Crippen molar-refractivity contribution >= 4 is 47.3 Å². The van der Waals surface area contributed by atoms with Crippen LogP contribution in [0.1, 0.15) is 35.4 Å². The van der Waals surface area contributed by atoms with E-state index in [1.54, 1.807) is 11.9 Å². The highest BCUT2D eigenvalue weighted by molar-refractivity contribution is 7.97. The Morgan fingerprint density at radius 1 is 1.14 bits per heavy atom. The Balaban J connectivity index is 1.35. The zero-order valence-corrected chi connectivity index (χ0v) is 22.8. The van der Waals surface area contributed by atoms with Gasteiger partial charge in [0.15, 0.2) is 0 Å². The molecule has 1 atom stereocenters. The fourth-order valence-electron chi connectivity index (χ4n) is 4.04. The molecular weight excluding hydrogens is 521 g/mol. The van der Waals surface area contributed by atoms with Crippen molar-refractivity contribution in [3.63, 3.8) is 0 Å². The summed E-state index contributed by atoms with van der Waals surface area (Å²) in [5.41, 5.74) is 3.59. The summed E-state index contributed by atoms with van der Waals surface area (Å²) >= 11 is 14.4. The molecule has 1 aliphatic heterocycles. The molecule has 3 rings (SSSR count). The van der Waals surface area contributed by atoms with Crippen LogP contribution in [0, 0.1) is 0 Å². The number of nitrogens with zero attached hydrogens (tertiary/aromatic N) is 1. The smallest absolute Gasteiger partial charge is 0.220 e. The third kappa shape index (κ3) is 9.34. The highest BCUT2D eigenvalue weighted by Gasteiger charge is 2.27. The van der Waals surface area contributed by atoms with Crippen molar-refractivity contribution in [2.24, 2.45) is 0 Å². The standard InChI is InChI=1S/C26H33Cl2N3O4S/c1-31-17-23(22-15-20(27)16-25(28)24(22)18-31)19-4-2-5-21(14-19)36-30-8-11-35-13-12-34-10-7-29-26(33)6-3-9-32/h2,4-5,9,14-16,23,30H,3,6-8,10-13,17-18H2,1H3,(H,29,33). The lowest BCUT2D eigenvalue weighted by Crippen LogP contribution is -2.31. The van der Waals surface area contributed by atoms with E-state index in [1.807, 2.05) is 12.1 Å². The molecule has 0 saturated heterocycles. The van der Waals surface area contributed by atoms with Crippen LogP contribution in [0.5, 0.6) is 0 Å². The first kappa shape index (κ1) is 28.9. The van der Waals surface area contributed by atoms with Crippen LogP contribution in [0.2, 0.25) is 10.0 Å². The highest BCUT2D eigenvalue weighted by Crippen LogP contribution is 2.39. The van der Waals surface area contributed by atoms with Crippen molar-refractivity contribution < 1.29 is 19.1 Å². The molecule has 0 bridgehead atoms. The van der Waals surface area contributed by atoms with Gasteiger partial charge in [0.05, 0.1) is 26.4 Å². The number of nitrogens with one attached hydrogen (secondary N) is 2. The van der Waals surface area contributed by atoms with Crippen molar-refractivity contribution in [3.8, 4) is 0 Å². The van der Waals surface area contributed by atoms with Crippen LogP contribution < -0.4 is 10.0 Å². The Bertz CT molecular complexity index is 1010. The number of carbonyl (C=O) groups excluding carboxylic acids is 2. The summed E-state index contributed by atoms with van der Waals surface area (Å²) in [5.74, 6) is 0.0734. The van der Waals surface area contributed by atoms with E-state index in [1.165, 1.54) is 11.1 Å². The monoisotopic (exact) mass is 553 g/mol. The molecule has 2 aromatic carbocycles. The SMILES string of the molecule is CN1Cc2c(Cl)cc(Cl)cc2C(c2cccc(SNCCOCCOCCNC(=O)CCC=O)c2)C1. The summed E-state index contributed by atoms with van der Waals surface area (Å²) in [7, 11) is 2.11. The molecule has 2 aromatic rings. The van der Waals surface area contributed by atoms with Crippen molar-refractivity contribution in [1.29, 1.82) is 0 Å². The lowest BCUT2D eigenvalue weighted by Gasteiger charge is -2.33. The van der Waals surface area contributed by atoms with Crippen LogP contribution in [0.15, 0.2) is 41.3 Å². The number of amides is 1. The van der Waals surface area contributed by atoms with Crippen LogP contribution in [-0.4, -0.2) is 70.2 Å². The van der Waals surface area contributed by atoms with Gasteiger partial charge < -0.3 is 24.5 Å². The zero-order chi connectivity index (χ0) is 25.8. The average Bonchev–Trinajstić information content (AvgIpc) is 2.86. The molecule has 36 heavy (non-hydrogen) atoms. The number of rotatable bonds is 15. The van der Waals surface area contributed by atoms with E-state index in [2.05, 4.69) is 46.3 Å². The lowest BCUT2D eigenvalue weighted by molar-refractivity contribution is -0.122. The zero-order valence-electron chi connectivity index (χ0n) is 20.4. The average molecular weight is 555 g/mol. The normalized spacial score (nSPS) is 15.5. The Labute approximate surface area is 227 Å². The topological polar surface area (TPSA) is 79.9 Å². The van der Waals surface area contributed by atoms with Crippen molar-refractivity contribution in [2.75, 3.05) is 53.1 Å². The number of carbonyl (C=O) groups is 2. The number of fused-ring (bicyclic) bond motifs is 1. The van der Waals surface area contributed by atoms with E-state index >= 15 is 0 Å². The van der Waals surface area contributed by atoms with Gasteiger partial charge in [-0.15, -0.1) is 0 Å². The minimum atomic E-state index is -0.138. The van der Waals surface area contributed by atoms with Crippen LogP contribution in [-0.2, 0) is 25.6 Å². The molecule has 0 aromatic heterocycles. The molecule has 7 nitrogen and oxygen atoms in total. The van der Waals surface area contributed by atoms with Crippen molar-refractivity contribution in [3.05, 3.63) is 63.1 Å². The third-order valence-electron chi connectivity index (χ3n) is 5.72. The minimum Gasteiger partial charge on any atom is -0.378 e. The molecule has 10 heteroatoms. The number of aldehydes is 1. The van der Waals surface area contributed by atoms with Gasteiger partial charge in [0.2, 0.25) is 5.91 Å². The molecule has 1 unspecified atom stereocenters.